The van der Waals surface area contributed by atoms with Gasteiger partial charge in [0.2, 0.25) is 0 Å². The van der Waals surface area contributed by atoms with Crippen LogP contribution in [0.4, 0.5) is 4.39 Å². The minimum absolute atomic E-state index is 0.102. The van der Waals surface area contributed by atoms with Gasteiger partial charge in [-0.15, -0.1) is 11.3 Å². The second-order valence-electron chi connectivity index (χ2n) is 5.38. The third kappa shape index (κ3) is 3.34. The van der Waals surface area contributed by atoms with Crippen LogP contribution in [-0.2, 0) is 4.74 Å². The zero-order valence-corrected chi connectivity index (χ0v) is 13.1. The summed E-state index contributed by atoms with van der Waals surface area (Å²) in [6, 6.07) is 6.13. The van der Waals surface area contributed by atoms with Gasteiger partial charge in [0.25, 0.3) is 5.91 Å². The van der Waals surface area contributed by atoms with Crippen LogP contribution in [0, 0.1) is 18.7 Å². The van der Waals surface area contributed by atoms with E-state index in [2.05, 4.69) is 10.3 Å². The maximum atomic E-state index is 13.0. The van der Waals surface area contributed by atoms with Crippen molar-refractivity contribution in [3.8, 4) is 10.6 Å². The van der Waals surface area contributed by atoms with E-state index >= 15 is 0 Å². The molecule has 3 rings (SSSR count). The van der Waals surface area contributed by atoms with Crippen LogP contribution in [0.2, 0.25) is 0 Å². The summed E-state index contributed by atoms with van der Waals surface area (Å²) in [5, 5.41) is 3.68. The first kappa shape index (κ1) is 15.1. The number of nitrogens with one attached hydrogen (secondary N) is 1. The number of benzene rings is 1. The number of amides is 1. The number of nitrogens with zero attached hydrogens (tertiary/aromatic N) is 1. The average molecular weight is 320 g/mol. The molecule has 0 bridgehead atoms. The molecule has 2 aromatic rings. The van der Waals surface area contributed by atoms with Gasteiger partial charge in [-0.25, -0.2) is 9.37 Å². The Morgan fingerprint density at radius 2 is 2.23 bits per heavy atom. The van der Waals surface area contributed by atoms with E-state index in [0.717, 1.165) is 23.6 Å². The number of hydrogen-bond acceptors (Lipinski definition) is 4. The van der Waals surface area contributed by atoms with Gasteiger partial charge in [0.05, 0.1) is 12.3 Å². The molecule has 6 heteroatoms. The average Bonchev–Trinajstić information content (AvgIpc) is 3.15. The Balaban J connectivity index is 1.71. The zero-order valence-electron chi connectivity index (χ0n) is 12.3. The molecule has 22 heavy (non-hydrogen) atoms. The molecule has 0 spiro atoms. The molecule has 0 unspecified atom stereocenters. The van der Waals surface area contributed by atoms with Crippen molar-refractivity contribution in [3.05, 3.63) is 40.7 Å². The molecular weight excluding hydrogens is 303 g/mol. The predicted octanol–water partition coefficient (Wildman–Crippen LogP) is 3.02. The lowest BCUT2D eigenvalue weighted by Gasteiger charge is -2.08. The number of carbonyl (C=O) groups excluding carboxylic acids is 1. The largest absolute Gasteiger partial charge is 0.381 e. The van der Waals surface area contributed by atoms with Crippen LogP contribution in [0.15, 0.2) is 24.3 Å². The molecule has 1 aromatic carbocycles. The highest BCUT2D eigenvalue weighted by Crippen LogP contribution is 2.28. The number of carbonyl (C=O) groups is 1. The predicted molar refractivity (Wildman–Crippen MR) is 83.5 cm³/mol. The van der Waals surface area contributed by atoms with Gasteiger partial charge in [-0.2, -0.15) is 0 Å². The van der Waals surface area contributed by atoms with Crippen molar-refractivity contribution >= 4 is 17.2 Å². The lowest BCUT2D eigenvalue weighted by molar-refractivity contribution is 0.0948. The van der Waals surface area contributed by atoms with Crippen LogP contribution >= 0.6 is 11.3 Å². The highest BCUT2D eigenvalue weighted by atomic mass is 32.1. The first-order chi connectivity index (χ1) is 10.6. The van der Waals surface area contributed by atoms with E-state index in [1.807, 2.05) is 6.92 Å². The van der Waals surface area contributed by atoms with Gasteiger partial charge in [0, 0.05) is 24.6 Å². The van der Waals surface area contributed by atoms with Crippen molar-refractivity contribution < 1.29 is 13.9 Å². The Labute approximate surface area is 132 Å². The van der Waals surface area contributed by atoms with Crippen LogP contribution < -0.4 is 5.32 Å². The van der Waals surface area contributed by atoms with Crippen LogP contribution in [0.1, 0.15) is 21.8 Å². The molecule has 1 aliphatic rings. The Morgan fingerprint density at radius 3 is 2.91 bits per heavy atom. The highest BCUT2D eigenvalue weighted by molar-refractivity contribution is 7.17. The third-order valence-corrected chi connectivity index (χ3v) is 4.87. The van der Waals surface area contributed by atoms with Gasteiger partial charge in [0.15, 0.2) is 0 Å². The molecule has 1 amide bonds. The Bertz CT molecular complexity index is 663. The smallest absolute Gasteiger partial charge is 0.263 e. The number of halogens is 1. The first-order valence-corrected chi connectivity index (χ1v) is 8.04. The minimum atomic E-state index is -0.284. The molecule has 2 heterocycles. The van der Waals surface area contributed by atoms with E-state index in [4.69, 9.17) is 4.74 Å². The van der Waals surface area contributed by atoms with E-state index in [-0.39, 0.29) is 11.7 Å². The van der Waals surface area contributed by atoms with Crippen LogP contribution in [0.5, 0.6) is 0 Å². The molecule has 1 saturated heterocycles. The van der Waals surface area contributed by atoms with Gasteiger partial charge < -0.3 is 10.1 Å². The summed E-state index contributed by atoms with van der Waals surface area (Å²) in [5.74, 6) is 0.0118. The summed E-state index contributed by atoms with van der Waals surface area (Å²) in [5.41, 5.74) is 1.52. The van der Waals surface area contributed by atoms with Crippen molar-refractivity contribution in [1.82, 2.24) is 10.3 Å². The lowest BCUT2D eigenvalue weighted by atomic mass is 10.1. The molecular formula is C16H17FN2O2S. The maximum absolute atomic E-state index is 13.0. The van der Waals surface area contributed by atoms with Crippen molar-refractivity contribution in [3.63, 3.8) is 0 Å². The van der Waals surface area contributed by atoms with Crippen molar-refractivity contribution in [2.45, 2.75) is 13.3 Å². The van der Waals surface area contributed by atoms with Gasteiger partial charge >= 0.3 is 0 Å². The van der Waals surface area contributed by atoms with Crippen molar-refractivity contribution in [1.29, 1.82) is 0 Å². The summed E-state index contributed by atoms with van der Waals surface area (Å²) in [6.07, 6.45) is 0.989. The summed E-state index contributed by atoms with van der Waals surface area (Å²) < 4.78 is 18.3. The standard InChI is InChI=1S/C16H17FN2O2S/c1-10-14(15(20)18-8-11-6-7-21-9-11)22-16(19-10)12-2-4-13(17)5-3-12/h2-5,11H,6-9H2,1H3,(H,18,20)/t11-/m1/s1. The monoisotopic (exact) mass is 320 g/mol. The number of aromatic nitrogens is 1. The molecule has 4 nitrogen and oxygen atoms in total. The van der Waals surface area contributed by atoms with Crippen LogP contribution in [0.25, 0.3) is 10.6 Å². The number of rotatable bonds is 4. The first-order valence-electron chi connectivity index (χ1n) is 7.23. The van der Waals surface area contributed by atoms with Gasteiger partial charge in [-0.1, -0.05) is 0 Å². The van der Waals surface area contributed by atoms with E-state index in [0.29, 0.717) is 29.6 Å². The Morgan fingerprint density at radius 1 is 1.45 bits per heavy atom. The van der Waals surface area contributed by atoms with E-state index in [9.17, 15) is 9.18 Å². The van der Waals surface area contributed by atoms with E-state index in [1.54, 1.807) is 12.1 Å². The lowest BCUT2D eigenvalue weighted by Crippen LogP contribution is -2.29. The molecule has 1 N–H and O–H groups in total. The van der Waals surface area contributed by atoms with Crippen LogP contribution in [-0.4, -0.2) is 30.6 Å². The Kier molecular flexibility index (Phi) is 4.49. The highest BCUT2D eigenvalue weighted by Gasteiger charge is 2.20. The molecule has 0 saturated carbocycles. The second-order valence-corrected chi connectivity index (χ2v) is 6.38. The normalized spacial score (nSPS) is 17.6. The van der Waals surface area contributed by atoms with Crippen LogP contribution in [0.3, 0.4) is 0 Å². The summed E-state index contributed by atoms with van der Waals surface area (Å²) in [4.78, 5) is 17.3. The minimum Gasteiger partial charge on any atom is -0.381 e. The fraction of sp³-hybridized carbons (Fsp3) is 0.375. The number of hydrogen-bond donors (Lipinski definition) is 1. The topological polar surface area (TPSA) is 51.2 Å². The molecule has 0 aliphatic carbocycles. The molecule has 1 fully saturated rings. The molecule has 1 aliphatic heterocycles. The quantitative estimate of drug-likeness (QED) is 0.942. The van der Waals surface area contributed by atoms with Gasteiger partial charge in [0.1, 0.15) is 15.7 Å². The van der Waals surface area contributed by atoms with E-state index < -0.39 is 0 Å². The fourth-order valence-electron chi connectivity index (χ4n) is 2.38. The van der Waals surface area contributed by atoms with E-state index in [1.165, 1.54) is 23.5 Å². The molecule has 1 atom stereocenters. The third-order valence-electron chi connectivity index (χ3n) is 3.67. The molecule has 116 valence electrons. The summed E-state index contributed by atoms with van der Waals surface area (Å²) in [7, 11) is 0. The maximum Gasteiger partial charge on any atom is 0.263 e. The zero-order chi connectivity index (χ0) is 15.5. The molecule has 1 aromatic heterocycles. The van der Waals surface area contributed by atoms with Crippen molar-refractivity contribution in [2.75, 3.05) is 19.8 Å². The molecule has 0 radical (unpaired) electrons. The summed E-state index contributed by atoms with van der Waals surface area (Å²) >= 11 is 1.33. The van der Waals surface area contributed by atoms with Gasteiger partial charge in [-0.05, 0) is 37.6 Å². The number of thiazole rings is 1. The fourth-order valence-corrected chi connectivity index (χ4v) is 3.37. The van der Waals surface area contributed by atoms with Crippen molar-refractivity contribution in [2.24, 2.45) is 5.92 Å². The summed E-state index contributed by atoms with van der Waals surface area (Å²) in [6.45, 7) is 3.93. The van der Waals surface area contributed by atoms with Gasteiger partial charge in [-0.3, -0.25) is 4.79 Å². The Hall–Kier alpha value is -1.79. The SMILES string of the molecule is Cc1nc(-c2ccc(F)cc2)sc1C(=O)NC[C@H]1CCOC1. The number of ether oxygens (including phenoxy) is 1. The number of aryl methyl sites for hydroxylation is 1. The second kappa shape index (κ2) is 6.54.